The highest BCUT2D eigenvalue weighted by Crippen LogP contribution is 2.33. The van der Waals surface area contributed by atoms with Crippen LogP contribution in [-0.2, 0) is 4.74 Å². The van der Waals surface area contributed by atoms with Crippen LogP contribution in [0, 0.1) is 0 Å². The van der Waals surface area contributed by atoms with Gasteiger partial charge in [0, 0.05) is 12.6 Å². The molecule has 2 N–H and O–H groups in total. The Morgan fingerprint density at radius 3 is 2.29 bits per heavy atom. The Morgan fingerprint density at radius 1 is 1.35 bits per heavy atom. The van der Waals surface area contributed by atoms with E-state index in [2.05, 4.69) is 0 Å². The molecule has 0 radical (unpaired) electrons. The smallest absolute Gasteiger partial charge is 0.410 e. The number of nitrogens with two attached hydrogens (primary N) is 1. The molecule has 0 spiro atoms. The number of hydrogen-bond acceptors (Lipinski definition) is 3. The first-order valence-electron chi connectivity index (χ1n) is 5.32. The molecule has 1 aliphatic heterocycles. The summed E-state index contributed by atoms with van der Waals surface area (Å²) < 4.78 is 42.9. The summed E-state index contributed by atoms with van der Waals surface area (Å²) >= 11 is 0. The van der Waals surface area contributed by atoms with Crippen molar-refractivity contribution in [2.45, 2.75) is 51.1 Å². The second kappa shape index (κ2) is 4.36. The topological polar surface area (TPSA) is 55.6 Å². The van der Waals surface area contributed by atoms with Gasteiger partial charge in [0.25, 0.3) is 0 Å². The number of carbonyl (C=O) groups excluding carboxylic acids is 1. The number of amides is 1. The Morgan fingerprint density at radius 2 is 1.88 bits per heavy atom. The molecule has 4 nitrogen and oxygen atoms in total. The summed E-state index contributed by atoms with van der Waals surface area (Å²) in [5.74, 6) is 0. The molecule has 1 fully saturated rings. The molecule has 100 valence electrons. The maximum Gasteiger partial charge on any atom is 0.410 e. The fourth-order valence-electron chi connectivity index (χ4n) is 1.70. The van der Waals surface area contributed by atoms with E-state index in [4.69, 9.17) is 10.5 Å². The largest absolute Gasteiger partial charge is 0.444 e. The van der Waals surface area contributed by atoms with Crippen molar-refractivity contribution in [2.24, 2.45) is 5.73 Å². The van der Waals surface area contributed by atoms with E-state index >= 15 is 0 Å². The quantitative estimate of drug-likeness (QED) is 0.718. The van der Waals surface area contributed by atoms with Crippen LogP contribution >= 0.6 is 0 Å². The maximum absolute atomic E-state index is 12.7. The first kappa shape index (κ1) is 14.1. The standard InChI is InChI=1S/C10H17F3N2O2/c1-9(2,3)17-8(16)15-5-6(14)4-7(15)10(11,12)13/h6-7H,4-5,14H2,1-3H3. The van der Waals surface area contributed by atoms with Crippen LogP contribution in [0.2, 0.25) is 0 Å². The second-order valence-corrected chi connectivity index (χ2v) is 5.19. The molecule has 17 heavy (non-hydrogen) atoms. The molecule has 1 heterocycles. The number of likely N-dealkylation sites (tertiary alicyclic amines) is 1. The first-order chi connectivity index (χ1) is 7.50. The van der Waals surface area contributed by atoms with Gasteiger partial charge in [0.2, 0.25) is 0 Å². The van der Waals surface area contributed by atoms with E-state index in [0.717, 1.165) is 0 Å². The molecular formula is C10H17F3N2O2. The van der Waals surface area contributed by atoms with Crippen LogP contribution in [0.3, 0.4) is 0 Å². The SMILES string of the molecule is CC(C)(C)OC(=O)N1CC(N)CC1C(F)(F)F. The molecule has 1 saturated heterocycles. The molecule has 0 aliphatic carbocycles. The van der Waals surface area contributed by atoms with Crippen molar-refractivity contribution in [3.63, 3.8) is 0 Å². The first-order valence-corrected chi connectivity index (χ1v) is 5.32. The lowest BCUT2D eigenvalue weighted by molar-refractivity contribution is -0.173. The van der Waals surface area contributed by atoms with Crippen LogP contribution in [0.25, 0.3) is 0 Å². The predicted octanol–water partition coefficient (Wildman–Crippen LogP) is 1.89. The summed E-state index contributed by atoms with van der Waals surface area (Å²) in [4.78, 5) is 12.3. The van der Waals surface area contributed by atoms with Gasteiger partial charge in [-0.05, 0) is 27.2 Å². The fraction of sp³-hybridized carbons (Fsp3) is 0.900. The number of hydrogen-bond donors (Lipinski definition) is 1. The average molecular weight is 254 g/mol. The van der Waals surface area contributed by atoms with Gasteiger partial charge >= 0.3 is 12.3 Å². The van der Waals surface area contributed by atoms with Crippen molar-refractivity contribution in [1.29, 1.82) is 0 Å². The molecule has 0 saturated carbocycles. The average Bonchev–Trinajstić information content (AvgIpc) is 2.43. The van der Waals surface area contributed by atoms with Gasteiger partial charge in [-0.25, -0.2) is 4.79 Å². The van der Waals surface area contributed by atoms with Crippen LogP contribution in [0.15, 0.2) is 0 Å². The van der Waals surface area contributed by atoms with Gasteiger partial charge in [-0.1, -0.05) is 0 Å². The highest BCUT2D eigenvalue weighted by Gasteiger charge is 2.51. The monoisotopic (exact) mass is 254 g/mol. The highest BCUT2D eigenvalue weighted by atomic mass is 19.4. The molecule has 7 heteroatoms. The molecule has 2 atom stereocenters. The molecule has 0 bridgehead atoms. The zero-order valence-electron chi connectivity index (χ0n) is 10.0. The van der Waals surface area contributed by atoms with Crippen LogP contribution < -0.4 is 5.73 Å². The van der Waals surface area contributed by atoms with E-state index < -0.39 is 30.0 Å². The molecular weight excluding hydrogens is 237 g/mol. The van der Waals surface area contributed by atoms with Gasteiger partial charge in [-0.15, -0.1) is 0 Å². The normalized spacial score (nSPS) is 26.2. The summed E-state index contributed by atoms with van der Waals surface area (Å²) in [6.07, 6.45) is -5.71. The molecule has 2 unspecified atom stereocenters. The van der Waals surface area contributed by atoms with Crippen molar-refractivity contribution in [3.05, 3.63) is 0 Å². The van der Waals surface area contributed by atoms with E-state index in [1.165, 1.54) is 0 Å². The summed E-state index contributed by atoms with van der Waals surface area (Å²) in [7, 11) is 0. The third kappa shape index (κ3) is 3.76. The van der Waals surface area contributed by atoms with Crippen LogP contribution in [0.5, 0.6) is 0 Å². The van der Waals surface area contributed by atoms with E-state index in [1.54, 1.807) is 20.8 Å². The minimum absolute atomic E-state index is 0.126. The number of halogens is 3. The number of rotatable bonds is 0. The predicted molar refractivity (Wildman–Crippen MR) is 55.4 cm³/mol. The number of ether oxygens (including phenoxy) is 1. The highest BCUT2D eigenvalue weighted by molar-refractivity contribution is 5.69. The Bertz CT molecular complexity index is 299. The van der Waals surface area contributed by atoms with Crippen LogP contribution in [0.4, 0.5) is 18.0 Å². The Kier molecular flexibility index (Phi) is 3.61. The number of alkyl halides is 3. The molecule has 1 aliphatic rings. The molecule has 0 aromatic rings. The third-order valence-electron chi connectivity index (χ3n) is 2.34. The Balaban J connectivity index is 2.78. The van der Waals surface area contributed by atoms with Crippen LogP contribution in [0.1, 0.15) is 27.2 Å². The fourth-order valence-corrected chi connectivity index (χ4v) is 1.70. The van der Waals surface area contributed by atoms with Gasteiger partial charge in [-0.3, -0.25) is 4.90 Å². The van der Waals surface area contributed by atoms with Gasteiger partial charge in [0.05, 0.1) is 0 Å². The van der Waals surface area contributed by atoms with E-state index in [9.17, 15) is 18.0 Å². The van der Waals surface area contributed by atoms with Gasteiger partial charge < -0.3 is 10.5 Å². The summed E-state index contributed by atoms with van der Waals surface area (Å²) in [6, 6.07) is -2.50. The van der Waals surface area contributed by atoms with Crippen molar-refractivity contribution in [3.8, 4) is 0 Å². The lowest BCUT2D eigenvalue weighted by Gasteiger charge is -2.29. The number of carbonyl (C=O) groups is 1. The summed E-state index contributed by atoms with van der Waals surface area (Å²) in [5.41, 5.74) is 4.64. The summed E-state index contributed by atoms with van der Waals surface area (Å²) in [6.45, 7) is 4.68. The molecule has 1 amide bonds. The summed E-state index contributed by atoms with van der Waals surface area (Å²) in [5, 5.41) is 0. The van der Waals surface area contributed by atoms with E-state index in [-0.39, 0.29) is 13.0 Å². The second-order valence-electron chi connectivity index (χ2n) is 5.19. The maximum atomic E-state index is 12.7. The lowest BCUT2D eigenvalue weighted by Crippen LogP contribution is -2.46. The Hall–Kier alpha value is -0.980. The van der Waals surface area contributed by atoms with E-state index in [1.807, 2.05) is 0 Å². The lowest BCUT2D eigenvalue weighted by atomic mass is 10.2. The molecule has 0 aromatic heterocycles. The van der Waals surface area contributed by atoms with Gasteiger partial charge in [-0.2, -0.15) is 13.2 Å². The zero-order chi connectivity index (χ0) is 13.4. The molecule has 0 aromatic carbocycles. The third-order valence-corrected chi connectivity index (χ3v) is 2.34. The van der Waals surface area contributed by atoms with E-state index in [0.29, 0.717) is 4.90 Å². The minimum atomic E-state index is -4.47. The number of nitrogens with zero attached hydrogens (tertiary/aromatic N) is 1. The van der Waals surface area contributed by atoms with Crippen LogP contribution in [-0.4, -0.2) is 41.4 Å². The van der Waals surface area contributed by atoms with Crippen molar-refractivity contribution >= 4 is 6.09 Å². The van der Waals surface area contributed by atoms with Gasteiger partial charge in [0.1, 0.15) is 11.6 Å². The zero-order valence-corrected chi connectivity index (χ0v) is 10.0. The minimum Gasteiger partial charge on any atom is -0.444 e. The van der Waals surface area contributed by atoms with Crippen molar-refractivity contribution in [1.82, 2.24) is 4.90 Å². The van der Waals surface area contributed by atoms with Gasteiger partial charge in [0.15, 0.2) is 0 Å². The van der Waals surface area contributed by atoms with Crippen molar-refractivity contribution < 1.29 is 22.7 Å². The Labute approximate surface area is 97.9 Å². The molecule has 1 rings (SSSR count). The van der Waals surface area contributed by atoms with Crippen molar-refractivity contribution in [2.75, 3.05) is 6.54 Å².